The fourth-order valence-corrected chi connectivity index (χ4v) is 2.53. The maximum absolute atomic E-state index is 6.04. The topological polar surface area (TPSA) is 18.5 Å². The molecule has 3 heteroatoms. The fourth-order valence-electron chi connectivity index (χ4n) is 2.34. The van der Waals surface area contributed by atoms with E-state index in [0.717, 1.165) is 27.8 Å². The largest absolute Gasteiger partial charge is 0.496 e. The second-order valence-corrected chi connectivity index (χ2v) is 5.16. The number of methoxy groups -OCH3 is 1. The first-order valence-electron chi connectivity index (χ1n) is 6.71. The molecule has 0 heterocycles. The Kier molecular flexibility index (Phi) is 3.98. The molecular weight excluding hydrogens is 284 g/mol. The Morgan fingerprint density at radius 1 is 0.905 bits per heavy atom. The van der Waals surface area contributed by atoms with E-state index in [0.29, 0.717) is 11.6 Å². The predicted molar refractivity (Wildman–Crippen MR) is 86.3 cm³/mol. The van der Waals surface area contributed by atoms with Crippen LogP contribution < -0.4 is 9.47 Å². The van der Waals surface area contributed by atoms with Crippen LogP contribution in [0, 0.1) is 0 Å². The summed E-state index contributed by atoms with van der Waals surface area (Å²) in [6.45, 7) is 0.414. The molecule has 0 spiro atoms. The maximum Gasteiger partial charge on any atom is 0.127 e. The van der Waals surface area contributed by atoms with Gasteiger partial charge >= 0.3 is 0 Å². The Balaban J connectivity index is 1.89. The van der Waals surface area contributed by atoms with Crippen LogP contribution in [-0.4, -0.2) is 7.11 Å². The molecule has 2 nitrogen and oxygen atoms in total. The molecule has 0 fully saturated rings. The summed E-state index contributed by atoms with van der Waals surface area (Å²) in [5.74, 6) is 1.63. The molecular formula is C18H15ClO2. The SMILES string of the molecule is COc1ccc(Cl)cc1COc1cccc2ccccc12. The molecule has 106 valence electrons. The molecule has 21 heavy (non-hydrogen) atoms. The molecule has 0 bridgehead atoms. The molecule has 3 rings (SSSR count). The molecule has 3 aromatic carbocycles. The molecule has 0 N–H and O–H groups in total. The fraction of sp³-hybridized carbons (Fsp3) is 0.111. The van der Waals surface area contributed by atoms with Gasteiger partial charge in [-0.3, -0.25) is 0 Å². The van der Waals surface area contributed by atoms with Gasteiger partial charge in [0.2, 0.25) is 0 Å². The van der Waals surface area contributed by atoms with E-state index >= 15 is 0 Å². The average molecular weight is 299 g/mol. The van der Waals surface area contributed by atoms with Gasteiger partial charge in [-0.1, -0.05) is 48.0 Å². The van der Waals surface area contributed by atoms with Crippen molar-refractivity contribution in [2.75, 3.05) is 7.11 Å². The summed E-state index contributed by atoms with van der Waals surface area (Å²) in [6.07, 6.45) is 0. The number of ether oxygens (including phenoxy) is 2. The first-order valence-corrected chi connectivity index (χ1v) is 7.09. The summed E-state index contributed by atoms with van der Waals surface area (Å²) in [4.78, 5) is 0. The number of hydrogen-bond donors (Lipinski definition) is 0. The number of rotatable bonds is 4. The molecule has 0 atom stereocenters. The third-order valence-electron chi connectivity index (χ3n) is 3.38. The zero-order valence-electron chi connectivity index (χ0n) is 11.7. The third-order valence-corrected chi connectivity index (χ3v) is 3.61. The van der Waals surface area contributed by atoms with Gasteiger partial charge in [-0.25, -0.2) is 0 Å². The van der Waals surface area contributed by atoms with Crippen molar-refractivity contribution in [3.05, 3.63) is 71.2 Å². The van der Waals surface area contributed by atoms with Crippen molar-refractivity contribution in [1.82, 2.24) is 0 Å². The van der Waals surface area contributed by atoms with E-state index < -0.39 is 0 Å². The molecule has 0 aliphatic carbocycles. The second kappa shape index (κ2) is 6.06. The van der Waals surface area contributed by atoms with Crippen molar-refractivity contribution in [1.29, 1.82) is 0 Å². The van der Waals surface area contributed by atoms with Gasteiger partial charge in [-0.05, 0) is 29.7 Å². The van der Waals surface area contributed by atoms with Gasteiger partial charge in [0, 0.05) is 16.0 Å². The molecule has 0 saturated heterocycles. The maximum atomic E-state index is 6.04. The molecule has 0 amide bonds. The number of halogens is 1. The van der Waals surface area contributed by atoms with Crippen molar-refractivity contribution in [2.45, 2.75) is 6.61 Å². The van der Waals surface area contributed by atoms with E-state index in [-0.39, 0.29) is 0 Å². The minimum atomic E-state index is 0.414. The van der Waals surface area contributed by atoms with Gasteiger partial charge in [-0.15, -0.1) is 0 Å². The van der Waals surface area contributed by atoms with Crippen LogP contribution in [0.2, 0.25) is 5.02 Å². The lowest BCUT2D eigenvalue weighted by molar-refractivity contribution is 0.300. The number of benzene rings is 3. The lowest BCUT2D eigenvalue weighted by Crippen LogP contribution is -1.99. The van der Waals surface area contributed by atoms with Crippen LogP contribution >= 0.6 is 11.6 Å². The summed E-state index contributed by atoms with van der Waals surface area (Å²) in [5.41, 5.74) is 0.929. The Morgan fingerprint density at radius 2 is 1.71 bits per heavy atom. The van der Waals surface area contributed by atoms with Gasteiger partial charge < -0.3 is 9.47 Å². The quantitative estimate of drug-likeness (QED) is 0.668. The van der Waals surface area contributed by atoms with Gasteiger partial charge in [0.05, 0.1) is 7.11 Å². The number of fused-ring (bicyclic) bond motifs is 1. The van der Waals surface area contributed by atoms with Gasteiger partial charge in [0.25, 0.3) is 0 Å². The van der Waals surface area contributed by atoms with Gasteiger partial charge in [0.15, 0.2) is 0 Å². The highest BCUT2D eigenvalue weighted by Crippen LogP contribution is 2.28. The minimum Gasteiger partial charge on any atom is -0.496 e. The van der Waals surface area contributed by atoms with Crippen molar-refractivity contribution in [2.24, 2.45) is 0 Å². The summed E-state index contributed by atoms with van der Waals surface area (Å²) >= 11 is 6.04. The smallest absolute Gasteiger partial charge is 0.127 e. The van der Waals surface area contributed by atoms with Crippen molar-refractivity contribution in [3.8, 4) is 11.5 Å². The standard InChI is InChI=1S/C18H15ClO2/c1-20-17-10-9-15(19)11-14(17)12-21-18-8-4-6-13-5-2-3-7-16(13)18/h2-11H,12H2,1H3. The first-order chi connectivity index (χ1) is 10.3. The van der Waals surface area contributed by atoms with Crippen LogP contribution in [0.4, 0.5) is 0 Å². The molecule has 0 aromatic heterocycles. The average Bonchev–Trinajstić information content (AvgIpc) is 2.53. The van der Waals surface area contributed by atoms with Crippen LogP contribution in [0.15, 0.2) is 60.7 Å². The summed E-state index contributed by atoms with van der Waals surface area (Å²) in [7, 11) is 1.64. The molecule has 3 aromatic rings. The first kappa shape index (κ1) is 13.8. The van der Waals surface area contributed by atoms with Crippen molar-refractivity contribution >= 4 is 22.4 Å². The number of hydrogen-bond acceptors (Lipinski definition) is 2. The van der Waals surface area contributed by atoms with E-state index in [9.17, 15) is 0 Å². The normalized spacial score (nSPS) is 10.6. The summed E-state index contributed by atoms with van der Waals surface area (Å²) in [5, 5.41) is 2.93. The third kappa shape index (κ3) is 2.96. The molecule has 0 radical (unpaired) electrons. The Hall–Kier alpha value is -2.19. The van der Waals surface area contributed by atoms with E-state index in [1.165, 1.54) is 0 Å². The zero-order valence-corrected chi connectivity index (χ0v) is 12.4. The molecule has 0 aliphatic heterocycles. The summed E-state index contributed by atoms with van der Waals surface area (Å²) in [6, 6.07) is 19.7. The highest BCUT2D eigenvalue weighted by molar-refractivity contribution is 6.30. The Labute approximate surface area is 128 Å². The zero-order chi connectivity index (χ0) is 14.7. The van der Waals surface area contributed by atoms with Crippen molar-refractivity contribution in [3.63, 3.8) is 0 Å². The summed E-state index contributed by atoms with van der Waals surface area (Å²) < 4.78 is 11.3. The second-order valence-electron chi connectivity index (χ2n) is 4.72. The van der Waals surface area contributed by atoms with Crippen LogP contribution in [0.5, 0.6) is 11.5 Å². The van der Waals surface area contributed by atoms with E-state index in [4.69, 9.17) is 21.1 Å². The molecule has 0 aliphatic rings. The van der Waals surface area contributed by atoms with E-state index in [1.54, 1.807) is 7.11 Å². The highest BCUT2D eigenvalue weighted by Gasteiger charge is 2.06. The Bertz CT molecular complexity index is 763. The highest BCUT2D eigenvalue weighted by atomic mass is 35.5. The predicted octanol–water partition coefficient (Wildman–Crippen LogP) is 5.08. The van der Waals surface area contributed by atoms with E-state index in [1.807, 2.05) is 42.5 Å². The van der Waals surface area contributed by atoms with Crippen LogP contribution in [0.25, 0.3) is 10.8 Å². The van der Waals surface area contributed by atoms with Crippen LogP contribution in [0.3, 0.4) is 0 Å². The Morgan fingerprint density at radius 3 is 2.57 bits per heavy atom. The van der Waals surface area contributed by atoms with E-state index in [2.05, 4.69) is 18.2 Å². The minimum absolute atomic E-state index is 0.414. The van der Waals surface area contributed by atoms with Crippen molar-refractivity contribution < 1.29 is 9.47 Å². The van der Waals surface area contributed by atoms with Gasteiger partial charge in [-0.2, -0.15) is 0 Å². The van der Waals surface area contributed by atoms with Crippen LogP contribution in [0.1, 0.15) is 5.56 Å². The lowest BCUT2D eigenvalue weighted by atomic mass is 10.1. The monoisotopic (exact) mass is 298 g/mol. The van der Waals surface area contributed by atoms with Gasteiger partial charge in [0.1, 0.15) is 18.1 Å². The van der Waals surface area contributed by atoms with Crippen LogP contribution in [-0.2, 0) is 6.61 Å². The lowest BCUT2D eigenvalue weighted by Gasteiger charge is -2.12. The molecule has 0 unspecified atom stereocenters. The molecule has 0 saturated carbocycles.